The normalized spacial score (nSPS) is 12.2. The number of carbonyl (C=O) groups is 1. The number of hydrogen-bond donors (Lipinski definition) is 2. The highest BCUT2D eigenvalue weighted by atomic mass is 19.1. The molecule has 0 fully saturated rings. The Morgan fingerprint density at radius 3 is 2.37 bits per heavy atom. The van der Waals surface area contributed by atoms with E-state index in [1.165, 1.54) is 25.1 Å². The topological polar surface area (TPSA) is 63.3 Å². The Kier molecular flexibility index (Phi) is 3.74. The van der Waals surface area contributed by atoms with Crippen LogP contribution in [0.2, 0.25) is 0 Å². The zero-order valence-corrected chi connectivity index (χ0v) is 10.4. The van der Waals surface area contributed by atoms with E-state index in [0.717, 1.165) is 0 Å². The number of nitrogens with two attached hydrogens (primary N) is 1. The summed E-state index contributed by atoms with van der Waals surface area (Å²) in [5.74, 6) is -0.513. The van der Waals surface area contributed by atoms with Gasteiger partial charge in [-0.1, -0.05) is 24.3 Å². The molecule has 0 aliphatic rings. The summed E-state index contributed by atoms with van der Waals surface area (Å²) >= 11 is 0. The molecular formula is C15H14FNO2. The lowest BCUT2D eigenvalue weighted by Crippen LogP contribution is -2.07. The van der Waals surface area contributed by atoms with E-state index in [0.29, 0.717) is 22.3 Å². The average molecular weight is 259 g/mol. The first-order valence-corrected chi connectivity index (χ1v) is 5.83. The Labute approximate surface area is 110 Å². The van der Waals surface area contributed by atoms with Crippen LogP contribution in [-0.2, 0) is 0 Å². The molecule has 3 nitrogen and oxygen atoms in total. The van der Waals surface area contributed by atoms with Gasteiger partial charge in [0.2, 0.25) is 0 Å². The second kappa shape index (κ2) is 5.30. The largest absolute Gasteiger partial charge is 0.375 e. The quantitative estimate of drug-likeness (QED) is 0.658. The first-order chi connectivity index (χ1) is 8.99. The lowest BCUT2D eigenvalue weighted by Gasteiger charge is -2.08. The molecule has 2 aromatic rings. The fourth-order valence-electron chi connectivity index (χ4n) is 1.83. The highest BCUT2D eigenvalue weighted by Crippen LogP contribution is 2.25. The van der Waals surface area contributed by atoms with Gasteiger partial charge >= 0.3 is 0 Å². The lowest BCUT2D eigenvalue weighted by atomic mass is 9.99. The molecule has 0 saturated carbocycles. The molecule has 0 aromatic heterocycles. The van der Waals surface area contributed by atoms with E-state index in [9.17, 15) is 14.3 Å². The summed E-state index contributed by atoms with van der Waals surface area (Å²) in [4.78, 5) is 11.3. The predicted octanol–water partition coefficient (Wildman–Crippen LogP) is 2.64. The second-order valence-corrected chi connectivity index (χ2v) is 4.32. The maximum absolute atomic E-state index is 13.8. The number of benzene rings is 2. The lowest BCUT2D eigenvalue weighted by molar-refractivity contribution is 0.101. The van der Waals surface area contributed by atoms with E-state index in [2.05, 4.69) is 0 Å². The summed E-state index contributed by atoms with van der Waals surface area (Å²) in [6.07, 6.45) is -1.05. The summed E-state index contributed by atoms with van der Waals surface area (Å²) in [7, 11) is 0. The molecule has 0 amide bonds. The Bertz CT molecular complexity index is 606. The average Bonchev–Trinajstić information content (AvgIpc) is 2.39. The van der Waals surface area contributed by atoms with Crippen molar-refractivity contribution in [2.75, 3.05) is 0 Å². The van der Waals surface area contributed by atoms with Crippen molar-refractivity contribution >= 4 is 5.78 Å². The molecule has 98 valence electrons. The summed E-state index contributed by atoms with van der Waals surface area (Å²) in [6.45, 7) is 1.44. The van der Waals surface area contributed by atoms with Gasteiger partial charge in [0.05, 0.1) is 0 Å². The van der Waals surface area contributed by atoms with Gasteiger partial charge in [0.15, 0.2) is 5.78 Å². The van der Waals surface area contributed by atoms with E-state index in [4.69, 9.17) is 5.73 Å². The summed E-state index contributed by atoms with van der Waals surface area (Å²) in [6, 6.07) is 10.8. The van der Waals surface area contributed by atoms with E-state index in [1.54, 1.807) is 24.3 Å². The molecule has 3 N–H and O–H groups in total. The van der Waals surface area contributed by atoms with Gasteiger partial charge in [0.1, 0.15) is 12.0 Å². The van der Waals surface area contributed by atoms with Crippen molar-refractivity contribution in [1.29, 1.82) is 0 Å². The molecule has 19 heavy (non-hydrogen) atoms. The van der Waals surface area contributed by atoms with Crippen LogP contribution >= 0.6 is 0 Å². The number of rotatable bonds is 3. The number of halogens is 1. The van der Waals surface area contributed by atoms with Gasteiger partial charge in [0, 0.05) is 11.1 Å². The van der Waals surface area contributed by atoms with Crippen LogP contribution in [-0.4, -0.2) is 10.9 Å². The molecule has 0 spiro atoms. The molecule has 4 heteroatoms. The van der Waals surface area contributed by atoms with Gasteiger partial charge in [-0.2, -0.15) is 0 Å². The Balaban J connectivity index is 2.46. The second-order valence-electron chi connectivity index (χ2n) is 4.32. The molecule has 2 rings (SSSR count). The van der Waals surface area contributed by atoms with Crippen LogP contribution in [0, 0.1) is 5.82 Å². The van der Waals surface area contributed by atoms with Crippen LogP contribution in [0.3, 0.4) is 0 Å². The number of ketones is 1. The SMILES string of the molecule is CC(=O)c1ccc(F)c(-c2ccc(C(N)O)cc2)c1. The monoisotopic (exact) mass is 259 g/mol. The molecule has 1 unspecified atom stereocenters. The third-order valence-electron chi connectivity index (χ3n) is 2.94. The molecule has 2 aromatic carbocycles. The molecule has 0 radical (unpaired) electrons. The minimum Gasteiger partial charge on any atom is -0.375 e. The minimum absolute atomic E-state index is 0.116. The summed E-state index contributed by atoms with van der Waals surface area (Å²) < 4.78 is 13.8. The smallest absolute Gasteiger partial charge is 0.159 e. The Morgan fingerprint density at radius 2 is 1.84 bits per heavy atom. The Morgan fingerprint density at radius 1 is 1.21 bits per heavy atom. The standard InChI is InChI=1S/C15H14FNO2/c1-9(18)12-6-7-14(16)13(8-12)10-2-4-11(5-3-10)15(17)19/h2-8,15,19H,17H2,1H3. The highest BCUT2D eigenvalue weighted by molar-refractivity contribution is 5.95. The fraction of sp³-hybridized carbons (Fsp3) is 0.133. The van der Waals surface area contributed by atoms with Gasteiger partial charge in [-0.3, -0.25) is 4.79 Å². The van der Waals surface area contributed by atoms with Gasteiger partial charge in [-0.15, -0.1) is 0 Å². The molecule has 0 heterocycles. The van der Waals surface area contributed by atoms with Crippen LogP contribution in [0.25, 0.3) is 11.1 Å². The number of aliphatic hydroxyl groups is 1. The van der Waals surface area contributed by atoms with Crippen LogP contribution in [0.15, 0.2) is 42.5 Å². The maximum Gasteiger partial charge on any atom is 0.159 e. The molecule has 0 saturated heterocycles. The number of hydrogen-bond acceptors (Lipinski definition) is 3. The third-order valence-corrected chi connectivity index (χ3v) is 2.94. The van der Waals surface area contributed by atoms with E-state index in [-0.39, 0.29) is 5.78 Å². The minimum atomic E-state index is -1.05. The first-order valence-electron chi connectivity index (χ1n) is 5.83. The maximum atomic E-state index is 13.8. The number of aliphatic hydroxyl groups excluding tert-OH is 1. The van der Waals surface area contributed by atoms with Crippen molar-refractivity contribution in [2.24, 2.45) is 5.73 Å². The first kappa shape index (κ1) is 13.4. The summed E-state index contributed by atoms with van der Waals surface area (Å²) in [5, 5.41) is 9.22. The van der Waals surface area contributed by atoms with Crippen molar-refractivity contribution in [3.05, 3.63) is 59.4 Å². The zero-order chi connectivity index (χ0) is 14.0. The highest BCUT2D eigenvalue weighted by Gasteiger charge is 2.09. The van der Waals surface area contributed by atoms with Crippen LogP contribution in [0.5, 0.6) is 0 Å². The van der Waals surface area contributed by atoms with Gasteiger partial charge in [-0.05, 0) is 36.2 Å². The predicted molar refractivity (Wildman–Crippen MR) is 71.0 cm³/mol. The molecule has 0 aliphatic heterocycles. The van der Waals surface area contributed by atoms with E-state index >= 15 is 0 Å². The van der Waals surface area contributed by atoms with Crippen LogP contribution in [0.1, 0.15) is 29.1 Å². The van der Waals surface area contributed by atoms with Gasteiger partial charge in [0.25, 0.3) is 0 Å². The fourth-order valence-corrected chi connectivity index (χ4v) is 1.83. The third kappa shape index (κ3) is 2.86. The molecule has 0 aliphatic carbocycles. The number of Topliss-reactive ketones (excluding diaryl/α,β-unsaturated/α-hetero) is 1. The molecule has 1 atom stereocenters. The number of carbonyl (C=O) groups excluding carboxylic acids is 1. The van der Waals surface area contributed by atoms with Crippen molar-refractivity contribution in [2.45, 2.75) is 13.2 Å². The van der Waals surface area contributed by atoms with E-state index in [1.807, 2.05) is 0 Å². The van der Waals surface area contributed by atoms with Crippen LogP contribution < -0.4 is 5.73 Å². The molecule has 0 bridgehead atoms. The molecular weight excluding hydrogens is 245 g/mol. The zero-order valence-electron chi connectivity index (χ0n) is 10.4. The van der Waals surface area contributed by atoms with Crippen molar-refractivity contribution < 1.29 is 14.3 Å². The van der Waals surface area contributed by atoms with Crippen molar-refractivity contribution in [3.63, 3.8) is 0 Å². The van der Waals surface area contributed by atoms with Crippen molar-refractivity contribution in [1.82, 2.24) is 0 Å². The van der Waals surface area contributed by atoms with Gasteiger partial charge in [-0.25, -0.2) is 4.39 Å². The van der Waals surface area contributed by atoms with Crippen LogP contribution in [0.4, 0.5) is 4.39 Å². The van der Waals surface area contributed by atoms with E-state index < -0.39 is 12.0 Å². The summed E-state index contributed by atoms with van der Waals surface area (Å²) in [5.41, 5.74) is 7.32. The van der Waals surface area contributed by atoms with Crippen molar-refractivity contribution in [3.8, 4) is 11.1 Å². The Hall–Kier alpha value is -2.04. The van der Waals surface area contributed by atoms with Gasteiger partial charge < -0.3 is 10.8 Å².